The van der Waals surface area contributed by atoms with E-state index in [0.717, 1.165) is 5.92 Å². The highest BCUT2D eigenvalue weighted by atomic mass is 14.9. The maximum atomic E-state index is 3.67. The molecule has 1 saturated heterocycles. The van der Waals surface area contributed by atoms with Gasteiger partial charge in [0, 0.05) is 0 Å². The van der Waals surface area contributed by atoms with Gasteiger partial charge in [-0.15, -0.1) is 0 Å². The summed E-state index contributed by atoms with van der Waals surface area (Å²) in [6, 6.07) is 0. The Bertz CT molecular complexity index is 224. The highest BCUT2D eigenvalue weighted by Crippen LogP contribution is 2.12. The summed E-state index contributed by atoms with van der Waals surface area (Å²) in [6.45, 7) is 7.24. The summed E-state index contributed by atoms with van der Waals surface area (Å²) in [5.41, 5.74) is 0. The molecule has 23 heavy (non-hydrogen) atoms. The molecule has 0 unspecified atom stereocenters. The largest absolute Gasteiger partial charge is 0.317 e. The summed E-state index contributed by atoms with van der Waals surface area (Å²) in [4.78, 5) is 0. The lowest BCUT2D eigenvalue weighted by Gasteiger charge is -2.22. The molecule has 0 radical (unpaired) electrons. The lowest BCUT2D eigenvalue weighted by atomic mass is 9.98. The van der Waals surface area contributed by atoms with Gasteiger partial charge >= 0.3 is 0 Å². The molecule has 0 saturated carbocycles. The number of hydrogen-bond donors (Lipinski definition) is 2. The van der Waals surface area contributed by atoms with Crippen LogP contribution in [-0.4, -0.2) is 26.2 Å². The van der Waals surface area contributed by atoms with Crippen LogP contribution in [0, 0.1) is 5.92 Å². The zero-order chi connectivity index (χ0) is 16.4. The molecule has 0 aliphatic carbocycles. The summed E-state index contributed by atoms with van der Waals surface area (Å²) in [6.07, 6.45) is 21.6. The summed E-state index contributed by atoms with van der Waals surface area (Å²) in [5.74, 6) is 0.929. The molecule has 2 nitrogen and oxygen atoms in total. The maximum absolute atomic E-state index is 3.67. The van der Waals surface area contributed by atoms with E-state index in [2.05, 4.69) is 17.6 Å². The summed E-state index contributed by atoms with van der Waals surface area (Å²) >= 11 is 0. The van der Waals surface area contributed by atoms with Crippen molar-refractivity contribution in [3.8, 4) is 0 Å². The summed E-state index contributed by atoms with van der Waals surface area (Å²) < 4.78 is 0. The first-order valence-corrected chi connectivity index (χ1v) is 10.8. The minimum absolute atomic E-state index is 0.929. The van der Waals surface area contributed by atoms with Gasteiger partial charge in [0.1, 0.15) is 0 Å². The second-order valence-corrected chi connectivity index (χ2v) is 7.64. The van der Waals surface area contributed by atoms with Crippen molar-refractivity contribution in [3.05, 3.63) is 0 Å². The molecule has 2 heteroatoms. The van der Waals surface area contributed by atoms with E-state index in [0.29, 0.717) is 0 Å². The van der Waals surface area contributed by atoms with E-state index in [-0.39, 0.29) is 0 Å². The van der Waals surface area contributed by atoms with E-state index in [4.69, 9.17) is 0 Å². The van der Waals surface area contributed by atoms with E-state index in [1.165, 1.54) is 122 Å². The number of unbranched alkanes of at least 4 members (excludes halogenated alkanes) is 12. The Morgan fingerprint density at radius 2 is 1.17 bits per heavy atom. The van der Waals surface area contributed by atoms with Gasteiger partial charge in [0.15, 0.2) is 0 Å². The first kappa shape index (κ1) is 21.0. The Kier molecular flexibility index (Phi) is 15.3. The minimum Gasteiger partial charge on any atom is -0.317 e. The SMILES string of the molecule is CCCCCCCCCCCCCCCNCC1CCNCC1. The van der Waals surface area contributed by atoms with Gasteiger partial charge < -0.3 is 10.6 Å². The van der Waals surface area contributed by atoms with E-state index >= 15 is 0 Å². The number of rotatable bonds is 16. The van der Waals surface area contributed by atoms with Crippen LogP contribution in [0.4, 0.5) is 0 Å². The van der Waals surface area contributed by atoms with Gasteiger partial charge in [0.2, 0.25) is 0 Å². The van der Waals surface area contributed by atoms with Gasteiger partial charge in [-0.05, 0) is 51.4 Å². The van der Waals surface area contributed by atoms with Crippen molar-refractivity contribution in [3.63, 3.8) is 0 Å². The Morgan fingerprint density at radius 1 is 0.696 bits per heavy atom. The normalized spacial score (nSPS) is 16.0. The molecule has 0 bridgehead atoms. The first-order chi connectivity index (χ1) is 11.4. The Balaban J connectivity index is 1.67. The molecule has 1 aliphatic heterocycles. The van der Waals surface area contributed by atoms with Crippen molar-refractivity contribution in [1.82, 2.24) is 10.6 Å². The fourth-order valence-electron chi connectivity index (χ4n) is 3.66. The van der Waals surface area contributed by atoms with Crippen LogP contribution < -0.4 is 10.6 Å². The van der Waals surface area contributed by atoms with Crippen LogP contribution >= 0.6 is 0 Å². The third-order valence-electron chi connectivity index (χ3n) is 5.35. The molecule has 1 heterocycles. The Morgan fingerprint density at radius 3 is 1.70 bits per heavy atom. The van der Waals surface area contributed by atoms with Gasteiger partial charge in [0.05, 0.1) is 0 Å². The van der Waals surface area contributed by atoms with Gasteiger partial charge in [-0.2, -0.15) is 0 Å². The quantitative estimate of drug-likeness (QED) is 0.358. The van der Waals surface area contributed by atoms with Crippen LogP contribution in [0.5, 0.6) is 0 Å². The molecule has 2 N–H and O–H groups in total. The lowest BCUT2D eigenvalue weighted by Crippen LogP contribution is -2.33. The molecule has 0 aromatic carbocycles. The summed E-state index contributed by atoms with van der Waals surface area (Å²) in [7, 11) is 0. The van der Waals surface area contributed by atoms with Crippen LogP contribution in [-0.2, 0) is 0 Å². The molecule has 1 rings (SSSR count). The second-order valence-electron chi connectivity index (χ2n) is 7.64. The van der Waals surface area contributed by atoms with Crippen molar-refractivity contribution in [2.24, 2.45) is 5.92 Å². The lowest BCUT2D eigenvalue weighted by molar-refractivity contribution is 0.355. The number of hydrogen-bond acceptors (Lipinski definition) is 2. The molecule has 0 aromatic heterocycles. The maximum Gasteiger partial charge on any atom is -0.00196 e. The van der Waals surface area contributed by atoms with Crippen LogP contribution in [0.15, 0.2) is 0 Å². The monoisotopic (exact) mass is 324 g/mol. The van der Waals surface area contributed by atoms with Crippen LogP contribution in [0.1, 0.15) is 103 Å². The standard InChI is InChI=1S/C21H44N2/c1-2-3-4-5-6-7-8-9-10-11-12-13-14-17-23-20-21-15-18-22-19-16-21/h21-23H,2-20H2,1H3. The van der Waals surface area contributed by atoms with E-state index in [1.807, 2.05) is 0 Å². The zero-order valence-electron chi connectivity index (χ0n) is 16.0. The van der Waals surface area contributed by atoms with Crippen molar-refractivity contribution >= 4 is 0 Å². The van der Waals surface area contributed by atoms with Gasteiger partial charge in [0.25, 0.3) is 0 Å². The summed E-state index contributed by atoms with van der Waals surface area (Å²) in [5, 5.41) is 7.11. The molecule has 0 amide bonds. The molecule has 0 atom stereocenters. The Hall–Kier alpha value is -0.0800. The van der Waals surface area contributed by atoms with Crippen LogP contribution in [0.25, 0.3) is 0 Å². The fourth-order valence-corrected chi connectivity index (χ4v) is 3.66. The van der Waals surface area contributed by atoms with Crippen molar-refractivity contribution < 1.29 is 0 Å². The molecule has 1 aliphatic rings. The van der Waals surface area contributed by atoms with Gasteiger partial charge in [-0.25, -0.2) is 0 Å². The zero-order valence-corrected chi connectivity index (χ0v) is 16.0. The van der Waals surface area contributed by atoms with Crippen LogP contribution in [0.2, 0.25) is 0 Å². The molecule has 138 valence electrons. The molecule has 1 fully saturated rings. The van der Waals surface area contributed by atoms with E-state index < -0.39 is 0 Å². The predicted molar refractivity (Wildman–Crippen MR) is 104 cm³/mol. The number of piperidine rings is 1. The van der Waals surface area contributed by atoms with Gasteiger partial charge in [-0.3, -0.25) is 0 Å². The second kappa shape index (κ2) is 16.8. The Labute approximate surface area is 146 Å². The van der Waals surface area contributed by atoms with E-state index in [9.17, 15) is 0 Å². The fraction of sp³-hybridized carbons (Fsp3) is 1.00. The smallest absolute Gasteiger partial charge is 0.00196 e. The topological polar surface area (TPSA) is 24.1 Å². The molecular weight excluding hydrogens is 280 g/mol. The average molecular weight is 325 g/mol. The van der Waals surface area contributed by atoms with E-state index in [1.54, 1.807) is 0 Å². The molecular formula is C21H44N2. The molecule has 0 spiro atoms. The van der Waals surface area contributed by atoms with Crippen molar-refractivity contribution in [1.29, 1.82) is 0 Å². The van der Waals surface area contributed by atoms with Gasteiger partial charge in [-0.1, -0.05) is 84.0 Å². The first-order valence-electron chi connectivity index (χ1n) is 10.8. The average Bonchev–Trinajstić information content (AvgIpc) is 2.59. The number of nitrogens with one attached hydrogen (secondary N) is 2. The minimum atomic E-state index is 0.929. The van der Waals surface area contributed by atoms with Crippen molar-refractivity contribution in [2.75, 3.05) is 26.2 Å². The highest BCUT2D eigenvalue weighted by Gasteiger charge is 2.11. The highest BCUT2D eigenvalue weighted by molar-refractivity contribution is 4.70. The van der Waals surface area contributed by atoms with Crippen LogP contribution in [0.3, 0.4) is 0 Å². The third-order valence-corrected chi connectivity index (χ3v) is 5.35. The predicted octanol–water partition coefficient (Wildman–Crippen LogP) is 5.67. The molecule has 0 aromatic rings. The van der Waals surface area contributed by atoms with Crippen molar-refractivity contribution in [2.45, 2.75) is 103 Å². The third kappa shape index (κ3) is 14.0.